The van der Waals surface area contributed by atoms with Crippen molar-refractivity contribution in [2.75, 3.05) is 19.0 Å². The van der Waals surface area contributed by atoms with E-state index in [0.717, 1.165) is 41.0 Å². The Labute approximate surface area is 156 Å². The number of para-hydroxylation sites is 1. The molecule has 1 heterocycles. The lowest BCUT2D eigenvalue weighted by atomic mass is 10.1. The molecule has 2 aromatic rings. The lowest BCUT2D eigenvalue weighted by Gasteiger charge is -2.07. The quantitative estimate of drug-likeness (QED) is 0.614. The molecule has 0 aliphatic heterocycles. The Morgan fingerprint density at radius 3 is 2.85 bits per heavy atom. The van der Waals surface area contributed by atoms with Gasteiger partial charge < -0.3 is 14.8 Å². The molecule has 0 bridgehead atoms. The number of esters is 1. The first-order valence-corrected chi connectivity index (χ1v) is 9.39. The largest absolute Gasteiger partial charge is 0.493 e. The molecule has 136 valence electrons. The maximum atomic E-state index is 12.4. The normalized spacial score (nSPS) is 12.8. The lowest BCUT2D eigenvalue weighted by molar-refractivity contribution is -0.111. The van der Waals surface area contributed by atoms with Crippen molar-refractivity contribution in [2.45, 2.75) is 26.2 Å². The van der Waals surface area contributed by atoms with Gasteiger partial charge >= 0.3 is 5.97 Å². The van der Waals surface area contributed by atoms with Crippen LogP contribution in [-0.4, -0.2) is 25.6 Å². The summed E-state index contributed by atoms with van der Waals surface area (Å²) in [5, 5.41) is 3.39. The number of rotatable bonds is 6. The number of methoxy groups -OCH3 is 1. The van der Waals surface area contributed by atoms with Crippen molar-refractivity contribution in [1.29, 1.82) is 0 Å². The number of amides is 1. The molecule has 1 aliphatic carbocycles. The highest BCUT2D eigenvalue weighted by Gasteiger charge is 2.27. The lowest BCUT2D eigenvalue weighted by Crippen LogP contribution is -2.12. The van der Waals surface area contributed by atoms with E-state index in [0.29, 0.717) is 17.2 Å². The van der Waals surface area contributed by atoms with E-state index in [-0.39, 0.29) is 5.91 Å². The van der Waals surface area contributed by atoms with E-state index < -0.39 is 5.97 Å². The topological polar surface area (TPSA) is 64.6 Å². The molecule has 0 atom stereocenters. The molecule has 5 nitrogen and oxygen atoms in total. The van der Waals surface area contributed by atoms with Crippen LogP contribution >= 0.6 is 11.3 Å². The van der Waals surface area contributed by atoms with Gasteiger partial charge in [-0.1, -0.05) is 18.2 Å². The molecule has 1 aromatic heterocycles. The van der Waals surface area contributed by atoms with Crippen molar-refractivity contribution >= 4 is 34.3 Å². The highest BCUT2D eigenvalue weighted by atomic mass is 32.1. The molecule has 1 amide bonds. The van der Waals surface area contributed by atoms with Crippen molar-refractivity contribution in [3.63, 3.8) is 0 Å². The van der Waals surface area contributed by atoms with Crippen LogP contribution in [0.5, 0.6) is 5.75 Å². The van der Waals surface area contributed by atoms with Crippen LogP contribution in [0.4, 0.5) is 5.00 Å². The van der Waals surface area contributed by atoms with Crippen molar-refractivity contribution in [3.8, 4) is 5.75 Å². The number of fused-ring (bicyclic) bond motifs is 1. The number of nitrogens with one attached hydrogen (secondary N) is 1. The number of ether oxygens (including phenoxy) is 2. The number of hydrogen-bond donors (Lipinski definition) is 1. The van der Waals surface area contributed by atoms with Crippen molar-refractivity contribution < 1.29 is 19.1 Å². The van der Waals surface area contributed by atoms with Crippen LogP contribution in [0.15, 0.2) is 30.3 Å². The standard InChI is InChI=1S/C20H21NO4S/c1-3-25-15-9-5-4-7-13(15)11-12-17(22)21-19-18(20(23)24-2)14-8-6-10-16(14)26-19/h4-5,7,9,11-12H,3,6,8,10H2,1-2H3,(H,21,22)/b12-11+. The van der Waals surface area contributed by atoms with E-state index in [1.807, 2.05) is 31.2 Å². The van der Waals surface area contributed by atoms with E-state index in [9.17, 15) is 9.59 Å². The van der Waals surface area contributed by atoms with Crippen LogP contribution in [-0.2, 0) is 22.4 Å². The monoisotopic (exact) mass is 371 g/mol. The smallest absolute Gasteiger partial charge is 0.341 e. The van der Waals surface area contributed by atoms with Gasteiger partial charge in [0.15, 0.2) is 0 Å². The summed E-state index contributed by atoms with van der Waals surface area (Å²) in [6, 6.07) is 7.52. The fourth-order valence-corrected chi connectivity index (χ4v) is 4.31. The Balaban J connectivity index is 1.78. The first-order chi connectivity index (χ1) is 12.6. The number of carbonyl (C=O) groups excluding carboxylic acids is 2. The van der Waals surface area contributed by atoms with Crippen molar-refractivity contribution in [3.05, 3.63) is 51.9 Å². The first-order valence-electron chi connectivity index (χ1n) is 8.57. The van der Waals surface area contributed by atoms with Crippen molar-refractivity contribution in [1.82, 2.24) is 0 Å². The molecule has 3 rings (SSSR count). The molecule has 0 unspecified atom stereocenters. The molecule has 1 aliphatic rings. The van der Waals surface area contributed by atoms with Crippen molar-refractivity contribution in [2.24, 2.45) is 0 Å². The number of thiophene rings is 1. The van der Waals surface area contributed by atoms with E-state index in [1.165, 1.54) is 24.5 Å². The van der Waals surface area contributed by atoms with Crippen LogP contribution < -0.4 is 10.1 Å². The third-order valence-electron chi connectivity index (χ3n) is 4.18. The predicted octanol–water partition coefficient (Wildman–Crippen LogP) is 4.07. The zero-order chi connectivity index (χ0) is 18.5. The molecular formula is C20H21NO4S. The molecule has 0 saturated heterocycles. The Hall–Kier alpha value is -2.60. The maximum Gasteiger partial charge on any atom is 0.341 e. The van der Waals surface area contributed by atoms with Gasteiger partial charge in [0.2, 0.25) is 5.91 Å². The average Bonchev–Trinajstić information content (AvgIpc) is 3.21. The molecule has 0 spiro atoms. The Bertz CT molecular complexity index is 853. The second-order valence-corrected chi connectivity index (χ2v) is 6.95. The number of hydrogen-bond acceptors (Lipinski definition) is 5. The SMILES string of the molecule is CCOc1ccccc1/C=C/C(=O)Nc1sc2c(c1C(=O)OC)CCC2. The number of carbonyl (C=O) groups is 2. The summed E-state index contributed by atoms with van der Waals surface area (Å²) >= 11 is 1.46. The van der Waals surface area contributed by atoms with Crippen LogP contribution in [0, 0.1) is 0 Å². The first kappa shape index (κ1) is 18.2. The number of aryl methyl sites for hydroxylation is 1. The molecule has 6 heteroatoms. The minimum Gasteiger partial charge on any atom is -0.493 e. The molecule has 0 radical (unpaired) electrons. The van der Waals surface area contributed by atoms with Gasteiger partial charge in [-0.05, 0) is 43.9 Å². The summed E-state index contributed by atoms with van der Waals surface area (Å²) < 4.78 is 10.4. The highest BCUT2D eigenvalue weighted by Crippen LogP contribution is 2.39. The summed E-state index contributed by atoms with van der Waals surface area (Å²) in [6.07, 6.45) is 5.98. The zero-order valence-corrected chi connectivity index (χ0v) is 15.7. The maximum absolute atomic E-state index is 12.4. The molecule has 0 saturated carbocycles. The third kappa shape index (κ3) is 3.80. The van der Waals surface area contributed by atoms with Gasteiger partial charge in [0.25, 0.3) is 0 Å². The molecule has 1 aromatic carbocycles. The van der Waals surface area contributed by atoms with Gasteiger partial charge in [-0.3, -0.25) is 4.79 Å². The summed E-state index contributed by atoms with van der Waals surface area (Å²) in [5.41, 5.74) is 2.34. The summed E-state index contributed by atoms with van der Waals surface area (Å²) in [4.78, 5) is 25.7. The second kappa shape index (κ2) is 8.19. The summed E-state index contributed by atoms with van der Waals surface area (Å²) in [7, 11) is 1.36. The fourth-order valence-electron chi connectivity index (χ4n) is 3.03. The van der Waals surface area contributed by atoms with E-state index in [4.69, 9.17) is 9.47 Å². The Morgan fingerprint density at radius 1 is 1.27 bits per heavy atom. The zero-order valence-electron chi connectivity index (χ0n) is 14.8. The third-order valence-corrected chi connectivity index (χ3v) is 5.39. The van der Waals surface area contributed by atoms with Gasteiger partial charge in [-0.25, -0.2) is 4.79 Å². The molecule has 0 fully saturated rings. The van der Waals surface area contributed by atoms with Crippen LogP contribution in [0.3, 0.4) is 0 Å². The fraction of sp³-hybridized carbons (Fsp3) is 0.300. The van der Waals surface area contributed by atoms with Gasteiger partial charge in [-0.2, -0.15) is 0 Å². The molecule has 26 heavy (non-hydrogen) atoms. The Morgan fingerprint density at radius 2 is 2.08 bits per heavy atom. The van der Waals surface area contributed by atoms with E-state index in [2.05, 4.69) is 5.32 Å². The summed E-state index contributed by atoms with van der Waals surface area (Å²) in [6.45, 7) is 2.47. The highest BCUT2D eigenvalue weighted by molar-refractivity contribution is 7.17. The Kier molecular flexibility index (Phi) is 5.73. The van der Waals surface area contributed by atoms with Crippen LogP contribution in [0.2, 0.25) is 0 Å². The summed E-state index contributed by atoms with van der Waals surface area (Å²) in [5.74, 6) is 0.0381. The number of benzene rings is 1. The average molecular weight is 371 g/mol. The predicted molar refractivity (Wildman–Crippen MR) is 103 cm³/mol. The van der Waals surface area contributed by atoms with Crippen LogP contribution in [0.25, 0.3) is 6.08 Å². The van der Waals surface area contributed by atoms with E-state index >= 15 is 0 Å². The van der Waals surface area contributed by atoms with Crippen LogP contribution in [0.1, 0.15) is 39.7 Å². The molecule has 1 N–H and O–H groups in total. The van der Waals surface area contributed by atoms with E-state index in [1.54, 1.807) is 6.08 Å². The molecular weight excluding hydrogens is 350 g/mol. The second-order valence-electron chi connectivity index (χ2n) is 5.85. The number of anilines is 1. The van der Waals surface area contributed by atoms with Gasteiger partial charge in [0, 0.05) is 16.5 Å². The minimum atomic E-state index is -0.398. The van der Waals surface area contributed by atoms with Gasteiger partial charge in [0.05, 0.1) is 19.3 Å². The van der Waals surface area contributed by atoms with Gasteiger partial charge in [0.1, 0.15) is 10.8 Å². The minimum absolute atomic E-state index is 0.290. The van der Waals surface area contributed by atoms with Gasteiger partial charge in [-0.15, -0.1) is 11.3 Å².